The molecule has 0 radical (unpaired) electrons. The first-order valence-corrected chi connectivity index (χ1v) is 18.0. The van der Waals surface area contributed by atoms with E-state index in [1.54, 1.807) is 18.7 Å². The molecule has 0 aliphatic carbocycles. The molecule has 3 heterocycles. The van der Waals surface area contributed by atoms with E-state index in [2.05, 4.69) is 16.8 Å². The lowest BCUT2D eigenvalue weighted by Crippen LogP contribution is -2.62. The number of esters is 1. The van der Waals surface area contributed by atoms with E-state index < -0.39 is 36.1 Å². The summed E-state index contributed by atoms with van der Waals surface area (Å²) in [4.78, 5) is 66.2. The number of aryl methyl sites for hydroxylation is 2. The molecule has 3 saturated heterocycles. The fourth-order valence-corrected chi connectivity index (χ4v) is 7.25. The van der Waals surface area contributed by atoms with Gasteiger partial charge in [-0.1, -0.05) is 67.2 Å². The molecule has 2 amide bonds. The molecule has 0 aromatic heterocycles. The van der Waals surface area contributed by atoms with Gasteiger partial charge in [0.2, 0.25) is 11.8 Å². The van der Waals surface area contributed by atoms with Crippen LogP contribution in [0.2, 0.25) is 0 Å². The van der Waals surface area contributed by atoms with Crippen molar-refractivity contribution >= 4 is 29.7 Å². The minimum atomic E-state index is -1.02. The second kappa shape index (κ2) is 18.5. The molecule has 3 aliphatic heterocycles. The summed E-state index contributed by atoms with van der Waals surface area (Å²) in [5.41, 5.74) is 3.11. The topological polar surface area (TPSA) is 157 Å². The molecule has 51 heavy (non-hydrogen) atoms. The van der Waals surface area contributed by atoms with E-state index >= 15 is 0 Å². The normalized spacial score (nSPS) is 21.6. The number of ether oxygens (including phenoxy) is 1. The highest BCUT2D eigenvalue weighted by Crippen LogP contribution is 2.34. The van der Waals surface area contributed by atoms with Gasteiger partial charge in [-0.15, -0.1) is 0 Å². The van der Waals surface area contributed by atoms with Crippen molar-refractivity contribution in [3.05, 3.63) is 84.1 Å². The number of benzene rings is 2. The highest BCUT2D eigenvalue weighted by molar-refractivity contribution is 5.90. The van der Waals surface area contributed by atoms with E-state index in [1.165, 1.54) is 4.90 Å². The summed E-state index contributed by atoms with van der Waals surface area (Å²) in [6.45, 7) is 11.1. The molecule has 12 nitrogen and oxygen atoms in total. The number of likely N-dealkylation sites (tertiary alicyclic amines) is 1. The molecule has 12 heteroatoms. The third-order valence-electron chi connectivity index (χ3n) is 10.0. The van der Waals surface area contributed by atoms with Crippen molar-refractivity contribution < 1.29 is 38.9 Å². The van der Waals surface area contributed by atoms with Crippen LogP contribution in [0.25, 0.3) is 0 Å². The summed E-state index contributed by atoms with van der Waals surface area (Å²) in [6.07, 6.45) is 5.10. The standard InChI is InChI=1S/C21H28N2O3.C18H24N2O5/c1-4-26-21(25)19(13-12-17-9-6-5-7-10-17)23-16(3)15(2)22-14-8-11-18(22)20(23)24;1-12(16(21)20-11-5-8-15(20)18(24)25)19-14(17(22)23)10-9-13-6-3-2-4-7-13/h5-7,9-10,16,18-19H,2,4,8,11-14H2,1,3H3;2-4,6-7,12,14-15,19H,5,8-11H2,1H3,(H,22,23)(H,24,25)/t16-,18?,19-;12-,14-,15-/m00/s1. The molecular formula is C39H52N4O8. The molecule has 276 valence electrons. The number of aliphatic carboxylic acids is 2. The maximum absolute atomic E-state index is 13.2. The zero-order valence-corrected chi connectivity index (χ0v) is 29.9. The van der Waals surface area contributed by atoms with E-state index in [4.69, 9.17) is 4.74 Å². The number of carbonyl (C=O) groups excluding carboxylic acids is 3. The van der Waals surface area contributed by atoms with Gasteiger partial charge in [0, 0.05) is 18.8 Å². The molecule has 3 aliphatic rings. The van der Waals surface area contributed by atoms with Crippen molar-refractivity contribution in [1.82, 2.24) is 20.0 Å². The average Bonchev–Trinajstić information content (AvgIpc) is 3.83. The fraction of sp³-hybridized carbons (Fsp3) is 0.513. The minimum Gasteiger partial charge on any atom is -0.480 e. The number of fused-ring (bicyclic) bond motifs is 1. The van der Waals surface area contributed by atoms with Crippen molar-refractivity contribution in [2.75, 3.05) is 19.7 Å². The van der Waals surface area contributed by atoms with Crippen LogP contribution in [-0.4, -0.2) is 111 Å². The first-order valence-electron chi connectivity index (χ1n) is 18.0. The lowest BCUT2D eigenvalue weighted by molar-refractivity contribution is -0.160. The highest BCUT2D eigenvalue weighted by atomic mass is 16.5. The van der Waals surface area contributed by atoms with Gasteiger partial charge >= 0.3 is 17.9 Å². The number of amides is 2. The van der Waals surface area contributed by atoms with Crippen LogP contribution in [0.15, 0.2) is 72.9 Å². The Kier molecular flexibility index (Phi) is 14.2. The number of carboxylic acid groups (broad SMARTS) is 2. The molecule has 3 N–H and O–H groups in total. The molecule has 5 rings (SSSR count). The number of hydrogen-bond acceptors (Lipinski definition) is 8. The summed E-state index contributed by atoms with van der Waals surface area (Å²) in [7, 11) is 0. The van der Waals surface area contributed by atoms with Crippen LogP contribution in [0.4, 0.5) is 0 Å². The summed E-state index contributed by atoms with van der Waals surface area (Å²) < 4.78 is 5.31. The van der Waals surface area contributed by atoms with Gasteiger partial charge in [-0.2, -0.15) is 0 Å². The van der Waals surface area contributed by atoms with E-state index in [9.17, 15) is 34.2 Å². The van der Waals surface area contributed by atoms with Crippen LogP contribution in [0, 0.1) is 0 Å². The number of hydrogen-bond donors (Lipinski definition) is 3. The van der Waals surface area contributed by atoms with Gasteiger partial charge in [-0.25, -0.2) is 9.59 Å². The number of rotatable bonds is 14. The smallest absolute Gasteiger partial charge is 0.328 e. The summed E-state index contributed by atoms with van der Waals surface area (Å²) >= 11 is 0. The third kappa shape index (κ3) is 9.96. The summed E-state index contributed by atoms with van der Waals surface area (Å²) in [5.74, 6) is -2.68. The number of piperazine rings is 1. The van der Waals surface area contributed by atoms with Crippen molar-refractivity contribution in [3.63, 3.8) is 0 Å². The largest absolute Gasteiger partial charge is 0.480 e. The molecule has 1 unspecified atom stereocenters. The molecule has 6 atom stereocenters. The van der Waals surface area contributed by atoms with Gasteiger partial charge < -0.3 is 29.6 Å². The minimum absolute atomic E-state index is 0.0357. The van der Waals surface area contributed by atoms with E-state index in [-0.39, 0.29) is 29.9 Å². The lowest BCUT2D eigenvalue weighted by Gasteiger charge is -2.46. The van der Waals surface area contributed by atoms with E-state index in [1.807, 2.05) is 67.6 Å². The van der Waals surface area contributed by atoms with Gasteiger partial charge in [0.15, 0.2) is 0 Å². The van der Waals surface area contributed by atoms with Gasteiger partial charge in [-0.3, -0.25) is 19.7 Å². The lowest BCUT2D eigenvalue weighted by atomic mass is 9.97. The van der Waals surface area contributed by atoms with Crippen molar-refractivity contribution in [2.45, 2.75) is 108 Å². The molecule has 0 saturated carbocycles. The first-order chi connectivity index (χ1) is 24.4. The summed E-state index contributed by atoms with van der Waals surface area (Å²) in [5, 5.41) is 21.4. The molecular weight excluding hydrogens is 652 g/mol. The van der Waals surface area contributed by atoms with E-state index in [0.29, 0.717) is 45.3 Å². The third-order valence-corrected chi connectivity index (χ3v) is 10.0. The van der Waals surface area contributed by atoms with Crippen molar-refractivity contribution in [1.29, 1.82) is 0 Å². The van der Waals surface area contributed by atoms with Gasteiger partial charge in [0.1, 0.15) is 24.2 Å². The predicted octanol–water partition coefficient (Wildman–Crippen LogP) is 3.89. The maximum Gasteiger partial charge on any atom is 0.328 e. The second-order valence-corrected chi connectivity index (χ2v) is 13.4. The van der Waals surface area contributed by atoms with Gasteiger partial charge in [0.25, 0.3) is 0 Å². The Morgan fingerprint density at radius 3 is 2.08 bits per heavy atom. The monoisotopic (exact) mass is 704 g/mol. The van der Waals surface area contributed by atoms with E-state index in [0.717, 1.165) is 42.6 Å². The van der Waals surface area contributed by atoms with Crippen LogP contribution in [0.3, 0.4) is 0 Å². The zero-order chi connectivity index (χ0) is 37.1. The second-order valence-electron chi connectivity index (χ2n) is 13.4. The summed E-state index contributed by atoms with van der Waals surface area (Å²) in [6, 6.07) is 16.2. The average molecular weight is 705 g/mol. The first kappa shape index (κ1) is 39.1. The Morgan fingerprint density at radius 1 is 0.922 bits per heavy atom. The predicted molar refractivity (Wildman–Crippen MR) is 192 cm³/mol. The fourth-order valence-electron chi connectivity index (χ4n) is 7.25. The Morgan fingerprint density at radius 2 is 1.51 bits per heavy atom. The van der Waals surface area contributed by atoms with Crippen LogP contribution in [-0.2, 0) is 41.6 Å². The SMILES string of the molecule is C=C1[C@H](C)N([C@@H](CCc2ccccc2)C(=O)OCC)C(=O)C2CCCN12.C[C@H](N[C@@H](CCc1ccccc1)C(=O)O)C(=O)N1CCC[C@H]1C(=O)O. The molecule has 0 bridgehead atoms. The Balaban J connectivity index is 0.000000229. The van der Waals surface area contributed by atoms with Crippen LogP contribution < -0.4 is 5.32 Å². The van der Waals surface area contributed by atoms with Crippen LogP contribution in [0.5, 0.6) is 0 Å². The number of nitrogens with one attached hydrogen (secondary N) is 1. The number of carboxylic acids is 2. The van der Waals surface area contributed by atoms with Crippen LogP contribution >= 0.6 is 0 Å². The quantitative estimate of drug-likeness (QED) is 0.247. The maximum atomic E-state index is 13.2. The Hall–Kier alpha value is -4.71. The van der Waals surface area contributed by atoms with Gasteiger partial charge in [-0.05, 0) is 83.3 Å². The Bertz CT molecular complexity index is 1520. The zero-order valence-electron chi connectivity index (χ0n) is 29.9. The van der Waals surface area contributed by atoms with Gasteiger partial charge in [0.05, 0.1) is 18.7 Å². The molecule has 0 spiro atoms. The number of carbonyl (C=O) groups is 5. The van der Waals surface area contributed by atoms with Crippen LogP contribution in [0.1, 0.15) is 70.4 Å². The Labute approximate surface area is 300 Å². The molecule has 2 aromatic rings. The highest BCUT2D eigenvalue weighted by Gasteiger charge is 2.47. The molecule has 3 fully saturated rings. The molecule has 2 aromatic carbocycles. The number of nitrogens with zero attached hydrogens (tertiary/aromatic N) is 3. The van der Waals surface area contributed by atoms with Crippen molar-refractivity contribution in [3.8, 4) is 0 Å². The van der Waals surface area contributed by atoms with Crippen molar-refractivity contribution in [2.24, 2.45) is 0 Å².